The van der Waals surface area contributed by atoms with Gasteiger partial charge in [0, 0.05) is 11.1 Å². The summed E-state index contributed by atoms with van der Waals surface area (Å²) >= 11 is 0. The molecule has 32 heavy (non-hydrogen) atoms. The van der Waals surface area contributed by atoms with Crippen molar-refractivity contribution < 1.29 is 9.53 Å². The predicted octanol–water partition coefficient (Wildman–Crippen LogP) is 6.04. The zero-order valence-electron chi connectivity index (χ0n) is 19.6. The average molecular weight is 427 g/mol. The Kier molecular flexibility index (Phi) is 4.74. The standard InChI is InChI=1S/C28H30N2O2/c1-27(2)12-13-28(3,4)24-15-21-19(14-23(24)27)10-11-20-22(16-29-30-25(20)21)17-6-8-18(9-7-17)26(31)32-5/h6-9,14-16H,10-13H2,1-5H3. The van der Waals surface area contributed by atoms with Crippen molar-refractivity contribution in [1.82, 2.24) is 10.2 Å². The maximum atomic E-state index is 11.8. The fourth-order valence-electron chi connectivity index (χ4n) is 5.38. The van der Waals surface area contributed by atoms with Crippen LogP contribution in [0.25, 0.3) is 22.4 Å². The lowest BCUT2D eigenvalue weighted by atomic mass is 9.62. The van der Waals surface area contributed by atoms with Gasteiger partial charge < -0.3 is 4.74 Å². The molecule has 5 rings (SSSR count). The molecule has 2 aliphatic rings. The smallest absolute Gasteiger partial charge is 0.337 e. The first-order chi connectivity index (χ1) is 15.2. The number of benzene rings is 2. The largest absolute Gasteiger partial charge is 0.465 e. The number of carbonyl (C=O) groups is 1. The third-order valence-electron chi connectivity index (χ3n) is 7.55. The SMILES string of the molecule is COC(=O)c1ccc(-c2cnnc3c2CCc2cc4c(cc2-3)C(C)(C)CCC4(C)C)cc1. The minimum Gasteiger partial charge on any atom is -0.465 e. The Hall–Kier alpha value is -3.01. The van der Waals surface area contributed by atoms with Crippen LogP contribution in [-0.2, 0) is 28.4 Å². The molecule has 0 aliphatic heterocycles. The molecule has 1 heterocycles. The number of methoxy groups -OCH3 is 1. The van der Waals surface area contributed by atoms with Gasteiger partial charge in [0.05, 0.1) is 24.6 Å². The molecule has 1 aromatic heterocycles. The topological polar surface area (TPSA) is 52.1 Å². The van der Waals surface area contributed by atoms with Crippen molar-refractivity contribution in [3.8, 4) is 22.4 Å². The minimum atomic E-state index is -0.323. The van der Waals surface area contributed by atoms with E-state index in [1.54, 1.807) is 0 Å². The summed E-state index contributed by atoms with van der Waals surface area (Å²) in [6.07, 6.45) is 6.20. The molecule has 0 spiro atoms. The molecule has 2 aromatic carbocycles. The maximum absolute atomic E-state index is 11.8. The molecule has 2 aliphatic carbocycles. The molecule has 0 saturated carbocycles. The molecule has 0 bridgehead atoms. The summed E-state index contributed by atoms with van der Waals surface area (Å²) in [7, 11) is 1.40. The molecule has 3 aromatic rings. The molecular formula is C28H30N2O2. The second-order valence-corrected chi connectivity index (χ2v) is 10.5. The Morgan fingerprint density at radius 2 is 1.56 bits per heavy atom. The van der Waals surface area contributed by atoms with E-state index in [-0.39, 0.29) is 16.8 Å². The molecule has 0 radical (unpaired) electrons. The van der Waals surface area contributed by atoms with Crippen LogP contribution in [0.5, 0.6) is 0 Å². The summed E-state index contributed by atoms with van der Waals surface area (Å²) in [5.41, 5.74) is 10.9. The lowest BCUT2D eigenvalue weighted by Gasteiger charge is -2.43. The van der Waals surface area contributed by atoms with Gasteiger partial charge in [0.25, 0.3) is 0 Å². The van der Waals surface area contributed by atoms with Crippen LogP contribution in [0.15, 0.2) is 42.6 Å². The van der Waals surface area contributed by atoms with Crippen LogP contribution < -0.4 is 0 Å². The molecule has 0 amide bonds. The van der Waals surface area contributed by atoms with Crippen LogP contribution in [0.1, 0.15) is 73.1 Å². The molecular weight excluding hydrogens is 396 g/mol. The summed E-state index contributed by atoms with van der Waals surface area (Å²) in [6, 6.07) is 12.4. The first-order valence-electron chi connectivity index (χ1n) is 11.4. The van der Waals surface area contributed by atoms with E-state index in [0.717, 1.165) is 29.7 Å². The van der Waals surface area contributed by atoms with E-state index in [1.807, 2.05) is 30.5 Å². The Morgan fingerprint density at radius 1 is 0.906 bits per heavy atom. The number of carbonyl (C=O) groups excluding carboxylic acids is 1. The van der Waals surface area contributed by atoms with E-state index in [0.29, 0.717) is 5.56 Å². The van der Waals surface area contributed by atoms with Gasteiger partial charge in [-0.15, -0.1) is 0 Å². The third kappa shape index (κ3) is 3.24. The summed E-state index contributed by atoms with van der Waals surface area (Å²) in [5, 5.41) is 9.00. The number of hydrogen-bond donors (Lipinski definition) is 0. The van der Waals surface area contributed by atoms with Gasteiger partial charge in [0.1, 0.15) is 0 Å². The van der Waals surface area contributed by atoms with Gasteiger partial charge in [0.2, 0.25) is 0 Å². The number of hydrogen-bond acceptors (Lipinski definition) is 4. The molecule has 0 unspecified atom stereocenters. The lowest BCUT2D eigenvalue weighted by molar-refractivity contribution is 0.0600. The summed E-state index contributed by atoms with van der Waals surface area (Å²) < 4.78 is 4.83. The van der Waals surface area contributed by atoms with E-state index in [9.17, 15) is 4.79 Å². The van der Waals surface area contributed by atoms with Crippen LogP contribution >= 0.6 is 0 Å². The Bertz CT molecular complexity index is 1220. The van der Waals surface area contributed by atoms with Crippen molar-refractivity contribution in [3.05, 3.63) is 70.4 Å². The van der Waals surface area contributed by atoms with Crippen LogP contribution in [-0.4, -0.2) is 23.3 Å². The highest BCUT2D eigenvalue weighted by molar-refractivity contribution is 5.90. The number of aryl methyl sites for hydroxylation is 1. The van der Waals surface area contributed by atoms with Crippen LogP contribution in [0.3, 0.4) is 0 Å². The second-order valence-electron chi connectivity index (χ2n) is 10.5. The number of rotatable bonds is 2. The quantitative estimate of drug-likeness (QED) is 0.469. The van der Waals surface area contributed by atoms with Gasteiger partial charge in [-0.25, -0.2) is 4.79 Å². The minimum absolute atomic E-state index is 0.159. The summed E-state index contributed by atoms with van der Waals surface area (Å²) in [5.74, 6) is -0.323. The Balaban J connectivity index is 1.64. The number of fused-ring (bicyclic) bond motifs is 4. The van der Waals surface area contributed by atoms with E-state index < -0.39 is 0 Å². The van der Waals surface area contributed by atoms with E-state index in [4.69, 9.17) is 4.74 Å². The number of nitrogens with zero attached hydrogens (tertiary/aromatic N) is 2. The van der Waals surface area contributed by atoms with Gasteiger partial charge in [0.15, 0.2) is 0 Å². The first kappa shape index (κ1) is 20.9. The number of ether oxygens (including phenoxy) is 1. The van der Waals surface area contributed by atoms with Gasteiger partial charge in [-0.2, -0.15) is 10.2 Å². The van der Waals surface area contributed by atoms with E-state index in [2.05, 4.69) is 50.0 Å². The highest BCUT2D eigenvalue weighted by atomic mass is 16.5. The van der Waals surface area contributed by atoms with Crippen LogP contribution in [0.4, 0.5) is 0 Å². The van der Waals surface area contributed by atoms with Crippen molar-refractivity contribution in [2.45, 2.75) is 64.2 Å². The summed E-state index contributed by atoms with van der Waals surface area (Å²) in [4.78, 5) is 11.8. The third-order valence-corrected chi connectivity index (χ3v) is 7.55. The van der Waals surface area contributed by atoms with Crippen molar-refractivity contribution in [3.63, 3.8) is 0 Å². The van der Waals surface area contributed by atoms with Crippen molar-refractivity contribution >= 4 is 5.97 Å². The normalized spacial score (nSPS) is 17.7. The molecule has 0 fully saturated rings. The predicted molar refractivity (Wildman–Crippen MR) is 127 cm³/mol. The van der Waals surface area contributed by atoms with Crippen molar-refractivity contribution in [2.75, 3.05) is 7.11 Å². The molecule has 0 atom stereocenters. The fourth-order valence-corrected chi connectivity index (χ4v) is 5.38. The second kappa shape index (κ2) is 7.26. The molecule has 4 nitrogen and oxygen atoms in total. The first-order valence-corrected chi connectivity index (χ1v) is 11.4. The highest BCUT2D eigenvalue weighted by Crippen LogP contribution is 2.49. The maximum Gasteiger partial charge on any atom is 0.337 e. The van der Waals surface area contributed by atoms with Crippen LogP contribution in [0, 0.1) is 0 Å². The van der Waals surface area contributed by atoms with E-state index in [1.165, 1.54) is 47.8 Å². The zero-order chi connectivity index (χ0) is 22.7. The van der Waals surface area contributed by atoms with Crippen molar-refractivity contribution in [2.24, 2.45) is 0 Å². The average Bonchev–Trinajstić information content (AvgIpc) is 2.80. The highest BCUT2D eigenvalue weighted by Gasteiger charge is 2.38. The van der Waals surface area contributed by atoms with Gasteiger partial charge in [-0.3, -0.25) is 0 Å². The zero-order valence-corrected chi connectivity index (χ0v) is 19.6. The molecule has 4 heteroatoms. The van der Waals surface area contributed by atoms with Gasteiger partial charge in [-0.05, 0) is 82.5 Å². The van der Waals surface area contributed by atoms with Gasteiger partial charge >= 0.3 is 5.97 Å². The number of esters is 1. The number of aromatic nitrogens is 2. The molecule has 164 valence electrons. The molecule has 0 saturated heterocycles. The molecule has 0 N–H and O–H groups in total. The lowest BCUT2D eigenvalue weighted by Crippen LogP contribution is -2.34. The van der Waals surface area contributed by atoms with E-state index >= 15 is 0 Å². The van der Waals surface area contributed by atoms with Crippen LogP contribution in [0.2, 0.25) is 0 Å². The van der Waals surface area contributed by atoms with Crippen molar-refractivity contribution in [1.29, 1.82) is 0 Å². The summed E-state index contributed by atoms with van der Waals surface area (Å²) in [6.45, 7) is 9.48. The van der Waals surface area contributed by atoms with Gasteiger partial charge in [-0.1, -0.05) is 45.9 Å². The fraction of sp³-hybridized carbons (Fsp3) is 0.393. The monoisotopic (exact) mass is 426 g/mol. The Morgan fingerprint density at radius 3 is 2.22 bits per heavy atom. The Labute approximate surface area is 190 Å².